The van der Waals surface area contributed by atoms with Crippen molar-refractivity contribution >= 4 is 27.8 Å². The molecule has 6 heteroatoms. The number of rotatable bonds is 2. The molecule has 1 aromatic carbocycles. The van der Waals surface area contributed by atoms with Gasteiger partial charge in [-0.25, -0.2) is 14.4 Å². The number of H-pyrrole nitrogens is 1. The van der Waals surface area contributed by atoms with Gasteiger partial charge in [0, 0.05) is 11.9 Å². The topological polar surface area (TPSA) is 65.0 Å². The van der Waals surface area contributed by atoms with E-state index >= 15 is 0 Å². The fourth-order valence-electron chi connectivity index (χ4n) is 3.66. The highest BCUT2D eigenvalue weighted by molar-refractivity contribution is 6.11. The number of fused-ring (bicyclic) bond motifs is 3. The molecule has 2 N–H and O–H groups in total. The van der Waals surface area contributed by atoms with Gasteiger partial charge in [-0.1, -0.05) is 0 Å². The van der Waals surface area contributed by atoms with Crippen molar-refractivity contribution in [3.8, 4) is 0 Å². The normalized spacial score (nSPS) is 19.1. The van der Waals surface area contributed by atoms with Gasteiger partial charge in [-0.15, -0.1) is 0 Å². The van der Waals surface area contributed by atoms with E-state index in [0.717, 1.165) is 36.0 Å². The van der Waals surface area contributed by atoms with Crippen molar-refractivity contribution in [1.82, 2.24) is 15.0 Å². The fourth-order valence-corrected chi connectivity index (χ4v) is 3.66. The Hall–Kier alpha value is -2.21. The standard InChI is InChI=1S/C17H19FN4O/c1-17(2,23)13-4-3-7-22(13)16-14-11-6-5-10(18)8-12(11)21-15(14)19-9-20-16/h5-6,8-9,13,23H,3-4,7H2,1-2H3,(H,19,20,21). The molecule has 1 aliphatic heterocycles. The smallest absolute Gasteiger partial charge is 0.143 e. The number of hydrogen-bond acceptors (Lipinski definition) is 4. The average Bonchev–Trinajstić information content (AvgIpc) is 3.10. The molecule has 1 saturated heterocycles. The fraction of sp³-hybridized carbons (Fsp3) is 0.412. The van der Waals surface area contributed by atoms with E-state index in [9.17, 15) is 9.50 Å². The summed E-state index contributed by atoms with van der Waals surface area (Å²) in [4.78, 5) is 14.1. The van der Waals surface area contributed by atoms with Gasteiger partial charge in [0.15, 0.2) is 0 Å². The quantitative estimate of drug-likeness (QED) is 0.763. The lowest BCUT2D eigenvalue weighted by molar-refractivity contribution is 0.0533. The number of aromatic nitrogens is 3. The second-order valence-electron chi connectivity index (χ2n) is 6.74. The van der Waals surface area contributed by atoms with Crippen LogP contribution in [0.15, 0.2) is 24.5 Å². The monoisotopic (exact) mass is 314 g/mol. The molecule has 1 aliphatic rings. The summed E-state index contributed by atoms with van der Waals surface area (Å²) in [5.74, 6) is 0.520. The molecule has 0 radical (unpaired) electrons. The maximum atomic E-state index is 13.5. The lowest BCUT2D eigenvalue weighted by Crippen LogP contribution is -2.46. The summed E-state index contributed by atoms with van der Waals surface area (Å²) in [5, 5.41) is 12.3. The van der Waals surface area contributed by atoms with Crippen molar-refractivity contribution in [2.75, 3.05) is 11.4 Å². The molecule has 0 aliphatic carbocycles. The Bertz CT molecular complexity index is 883. The number of nitrogens with zero attached hydrogens (tertiary/aromatic N) is 3. The molecule has 23 heavy (non-hydrogen) atoms. The molecule has 3 aromatic rings. The zero-order chi connectivity index (χ0) is 16.2. The van der Waals surface area contributed by atoms with Crippen LogP contribution in [0.1, 0.15) is 26.7 Å². The minimum Gasteiger partial charge on any atom is -0.388 e. The Kier molecular flexibility index (Phi) is 3.06. The van der Waals surface area contributed by atoms with Crippen molar-refractivity contribution in [1.29, 1.82) is 0 Å². The first-order chi connectivity index (χ1) is 10.9. The van der Waals surface area contributed by atoms with E-state index in [4.69, 9.17) is 0 Å². The van der Waals surface area contributed by atoms with Crippen molar-refractivity contribution in [3.63, 3.8) is 0 Å². The molecule has 120 valence electrons. The summed E-state index contributed by atoms with van der Waals surface area (Å²) >= 11 is 0. The molecule has 1 atom stereocenters. The Morgan fingerprint density at radius 2 is 2.17 bits per heavy atom. The number of benzene rings is 1. The van der Waals surface area contributed by atoms with E-state index in [2.05, 4.69) is 19.9 Å². The van der Waals surface area contributed by atoms with E-state index in [1.165, 1.54) is 18.5 Å². The van der Waals surface area contributed by atoms with Gasteiger partial charge in [0.25, 0.3) is 0 Å². The van der Waals surface area contributed by atoms with E-state index in [0.29, 0.717) is 11.2 Å². The molecule has 3 heterocycles. The second-order valence-corrected chi connectivity index (χ2v) is 6.74. The predicted octanol–water partition coefficient (Wildman–Crippen LogP) is 2.99. The van der Waals surface area contributed by atoms with Gasteiger partial charge < -0.3 is 15.0 Å². The Morgan fingerprint density at radius 3 is 2.96 bits per heavy atom. The van der Waals surface area contributed by atoms with E-state index in [1.54, 1.807) is 6.07 Å². The van der Waals surface area contributed by atoms with Crippen LogP contribution in [0, 0.1) is 5.82 Å². The SMILES string of the molecule is CC(C)(O)C1CCCN1c1ncnc2[nH]c3cc(F)ccc3c12. The number of nitrogens with one attached hydrogen (secondary N) is 1. The van der Waals surface area contributed by atoms with Crippen LogP contribution in [0.2, 0.25) is 0 Å². The van der Waals surface area contributed by atoms with E-state index in [-0.39, 0.29) is 11.9 Å². The summed E-state index contributed by atoms with van der Waals surface area (Å²) in [7, 11) is 0. The van der Waals surface area contributed by atoms with Crippen molar-refractivity contribution in [2.45, 2.75) is 38.3 Å². The zero-order valence-electron chi connectivity index (χ0n) is 13.2. The molecule has 0 saturated carbocycles. The highest BCUT2D eigenvalue weighted by Crippen LogP contribution is 2.37. The Morgan fingerprint density at radius 1 is 1.35 bits per heavy atom. The Balaban J connectivity index is 1.95. The van der Waals surface area contributed by atoms with Gasteiger partial charge in [0.1, 0.15) is 23.6 Å². The maximum Gasteiger partial charge on any atom is 0.143 e. The van der Waals surface area contributed by atoms with Crippen LogP contribution in [0.3, 0.4) is 0 Å². The lowest BCUT2D eigenvalue weighted by Gasteiger charge is -2.34. The van der Waals surface area contributed by atoms with E-state index in [1.807, 2.05) is 13.8 Å². The number of aromatic amines is 1. The van der Waals surface area contributed by atoms with Gasteiger partial charge in [-0.3, -0.25) is 0 Å². The molecule has 0 amide bonds. The Labute approximate surface area is 133 Å². The number of halogens is 1. The van der Waals surface area contributed by atoms with Crippen LogP contribution < -0.4 is 4.90 Å². The van der Waals surface area contributed by atoms with Crippen LogP contribution in [0.5, 0.6) is 0 Å². The largest absolute Gasteiger partial charge is 0.388 e. The number of anilines is 1. The zero-order valence-corrected chi connectivity index (χ0v) is 13.2. The third kappa shape index (κ3) is 2.25. The molecule has 0 spiro atoms. The number of hydrogen-bond donors (Lipinski definition) is 2. The first-order valence-electron chi connectivity index (χ1n) is 7.86. The molecule has 1 fully saturated rings. The molecule has 5 nitrogen and oxygen atoms in total. The third-order valence-electron chi connectivity index (χ3n) is 4.67. The average molecular weight is 314 g/mol. The molecule has 2 aromatic heterocycles. The molecule has 4 rings (SSSR count). The van der Waals surface area contributed by atoms with E-state index < -0.39 is 5.60 Å². The van der Waals surface area contributed by atoms with Gasteiger partial charge >= 0.3 is 0 Å². The molecular formula is C17H19FN4O. The van der Waals surface area contributed by atoms with Crippen molar-refractivity contribution in [3.05, 3.63) is 30.3 Å². The minimum absolute atomic E-state index is 0.00555. The minimum atomic E-state index is -0.813. The molecule has 0 bridgehead atoms. The van der Waals surface area contributed by atoms with Crippen LogP contribution in [-0.2, 0) is 0 Å². The van der Waals surface area contributed by atoms with Crippen LogP contribution in [-0.4, -0.2) is 38.2 Å². The number of aliphatic hydroxyl groups is 1. The van der Waals surface area contributed by atoms with Crippen LogP contribution in [0.4, 0.5) is 10.2 Å². The summed E-state index contributed by atoms with van der Waals surface area (Å²) in [6.07, 6.45) is 3.45. The lowest BCUT2D eigenvalue weighted by atomic mass is 9.96. The molecular weight excluding hydrogens is 295 g/mol. The van der Waals surface area contributed by atoms with Gasteiger partial charge in [0.2, 0.25) is 0 Å². The first-order valence-corrected chi connectivity index (χ1v) is 7.86. The summed E-state index contributed by atoms with van der Waals surface area (Å²) in [6, 6.07) is 4.68. The van der Waals surface area contributed by atoms with Gasteiger partial charge in [-0.2, -0.15) is 0 Å². The van der Waals surface area contributed by atoms with Gasteiger partial charge in [0.05, 0.1) is 22.5 Å². The highest BCUT2D eigenvalue weighted by Gasteiger charge is 2.37. The van der Waals surface area contributed by atoms with Crippen LogP contribution >= 0.6 is 0 Å². The third-order valence-corrected chi connectivity index (χ3v) is 4.67. The van der Waals surface area contributed by atoms with Gasteiger partial charge in [-0.05, 0) is 44.9 Å². The molecule has 1 unspecified atom stereocenters. The second kappa shape index (κ2) is 4.89. The maximum absolute atomic E-state index is 13.5. The summed E-state index contributed by atoms with van der Waals surface area (Å²) < 4.78 is 13.5. The summed E-state index contributed by atoms with van der Waals surface area (Å²) in [5.41, 5.74) is 0.587. The predicted molar refractivity (Wildman–Crippen MR) is 88.0 cm³/mol. The summed E-state index contributed by atoms with van der Waals surface area (Å²) in [6.45, 7) is 4.51. The van der Waals surface area contributed by atoms with Crippen molar-refractivity contribution in [2.24, 2.45) is 0 Å². The highest BCUT2D eigenvalue weighted by atomic mass is 19.1. The van der Waals surface area contributed by atoms with Crippen molar-refractivity contribution < 1.29 is 9.50 Å². The van der Waals surface area contributed by atoms with Crippen LogP contribution in [0.25, 0.3) is 21.9 Å². The first kappa shape index (κ1) is 14.4.